The molecule has 2 aromatic rings. The molecular formula is C17H19BrN2. The summed E-state index contributed by atoms with van der Waals surface area (Å²) in [5, 5.41) is 3.69. The van der Waals surface area contributed by atoms with Crippen molar-refractivity contribution in [2.75, 3.05) is 11.9 Å². The van der Waals surface area contributed by atoms with E-state index in [1.54, 1.807) is 0 Å². The first kappa shape index (κ1) is 13.7. The molecule has 0 amide bonds. The standard InChI is InChI=1S/C17H19BrN2/c18-14-7-3-8-15(11-14)20-17(12-19)10-4-6-13-5-1-2-9-16(13)17/h1-3,5,7-9,11,20H,4,6,10,12,19H2. The smallest absolute Gasteiger partial charge is 0.0750 e. The second kappa shape index (κ2) is 5.58. The molecule has 0 radical (unpaired) electrons. The van der Waals surface area contributed by atoms with Crippen LogP contribution < -0.4 is 11.1 Å². The molecular weight excluding hydrogens is 312 g/mol. The van der Waals surface area contributed by atoms with Gasteiger partial charge < -0.3 is 11.1 Å². The van der Waals surface area contributed by atoms with Gasteiger partial charge in [-0.1, -0.05) is 46.3 Å². The molecule has 2 nitrogen and oxygen atoms in total. The van der Waals surface area contributed by atoms with Gasteiger partial charge in [0.25, 0.3) is 0 Å². The third-order valence-electron chi connectivity index (χ3n) is 4.14. The molecule has 1 aliphatic rings. The molecule has 1 atom stereocenters. The van der Waals surface area contributed by atoms with Crippen molar-refractivity contribution >= 4 is 21.6 Å². The number of benzene rings is 2. The summed E-state index contributed by atoms with van der Waals surface area (Å²) >= 11 is 3.53. The summed E-state index contributed by atoms with van der Waals surface area (Å²) in [6.45, 7) is 0.608. The number of halogens is 1. The van der Waals surface area contributed by atoms with Gasteiger partial charge >= 0.3 is 0 Å². The van der Waals surface area contributed by atoms with E-state index in [0.29, 0.717) is 6.54 Å². The molecule has 0 bridgehead atoms. The van der Waals surface area contributed by atoms with Gasteiger partial charge in [0.15, 0.2) is 0 Å². The van der Waals surface area contributed by atoms with E-state index in [1.807, 2.05) is 12.1 Å². The molecule has 0 spiro atoms. The largest absolute Gasteiger partial charge is 0.374 e. The van der Waals surface area contributed by atoms with Gasteiger partial charge in [-0.3, -0.25) is 0 Å². The lowest BCUT2D eigenvalue weighted by Crippen LogP contribution is -2.45. The first-order chi connectivity index (χ1) is 9.73. The lowest BCUT2D eigenvalue weighted by Gasteiger charge is -2.40. The van der Waals surface area contributed by atoms with Crippen LogP contribution >= 0.6 is 15.9 Å². The van der Waals surface area contributed by atoms with Gasteiger partial charge in [-0.25, -0.2) is 0 Å². The topological polar surface area (TPSA) is 38.0 Å². The molecule has 20 heavy (non-hydrogen) atoms. The Balaban J connectivity index is 2.00. The molecule has 1 aliphatic carbocycles. The van der Waals surface area contributed by atoms with E-state index in [0.717, 1.165) is 23.0 Å². The zero-order chi connectivity index (χ0) is 14.0. The normalized spacial score (nSPS) is 21.3. The van der Waals surface area contributed by atoms with Gasteiger partial charge in [-0.2, -0.15) is 0 Å². The molecule has 0 saturated carbocycles. The first-order valence-corrected chi connectivity index (χ1v) is 7.85. The van der Waals surface area contributed by atoms with Crippen LogP contribution in [0.25, 0.3) is 0 Å². The van der Waals surface area contributed by atoms with Crippen LogP contribution in [0, 0.1) is 0 Å². The maximum absolute atomic E-state index is 6.16. The van der Waals surface area contributed by atoms with Crippen LogP contribution in [-0.2, 0) is 12.0 Å². The monoisotopic (exact) mass is 330 g/mol. The summed E-state index contributed by atoms with van der Waals surface area (Å²) in [5.41, 5.74) is 9.91. The Bertz CT molecular complexity index is 611. The van der Waals surface area contributed by atoms with Crippen LogP contribution in [0.5, 0.6) is 0 Å². The molecule has 0 aliphatic heterocycles. The molecule has 3 rings (SSSR count). The highest BCUT2D eigenvalue weighted by Gasteiger charge is 2.35. The fourth-order valence-electron chi connectivity index (χ4n) is 3.16. The van der Waals surface area contributed by atoms with Crippen molar-refractivity contribution in [2.24, 2.45) is 5.73 Å². The fourth-order valence-corrected chi connectivity index (χ4v) is 3.56. The molecule has 0 fully saturated rings. The van der Waals surface area contributed by atoms with E-state index in [9.17, 15) is 0 Å². The van der Waals surface area contributed by atoms with Crippen LogP contribution in [0.1, 0.15) is 24.0 Å². The van der Waals surface area contributed by atoms with E-state index in [2.05, 4.69) is 57.6 Å². The van der Waals surface area contributed by atoms with Gasteiger partial charge in [0.1, 0.15) is 0 Å². The minimum atomic E-state index is -0.143. The molecule has 2 aromatic carbocycles. The summed E-state index contributed by atoms with van der Waals surface area (Å²) in [6, 6.07) is 16.9. The van der Waals surface area contributed by atoms with Gasteiger partial charge in [0.05, 0.1) is 5.54 Å². The first-order valence-electron chi connectivity index (χ1n) is 7.06. The lowest BCUT2D eigenvalue weighted by atomic mass is 9.76. The van der Waals surface area contributed by atoms with E-state index >= 15 is 0 Å². The molecule has 0 saturated heterocycles. The van der Waals surface area contributed by atoms with Crippen LogP contribution in [0.15, 0.2) is 53.0 Å². The molecule has 0 heterocycles. The van der Waals surface area contributed by atoms with Gasteiger partial charge in [0.2, 0.25) is 0 Å². The highest BCUT2D eigenvalue weighted by atomic mass is 79.9. The van der Waals surface area contributed by atoms with Crippen molar-refractivity contribution in [3.63, 3.8) is 0 Å². The Morgan fingerprint density at radius 1 is 1.15 bits per heavy atom. The van der Waals surface area contributed by atoms with E-state index in [1.165, 1.54) is 17.5 Å². The van der Waals surface area contributed by atoms with Crippen molar-refractivity contribution in [1.29, 1.82) is 0 Å². The van der Waals surface area contributed by atoms with Crippen molar-refractivity contribution in [3.8, 4) is 0 Å². The summed E-state index contributed by atoms with van der Waals surface area (Å²) < 4.78 is 1.08. The number of anilines is 1. The summed E-state index contributed by atoms with van der Waals surface area (Å²) in [4.78, 5) is 0. The number of aryl methyl sites for hydroxylation is 1. The maximum Gasteiger partial charge on any atom is 0.0750 e. The third-order valence-corrected chi connectivity index (χ3v) is 4.63. The van der Waals surface area contributed by atoms with E-state index < -0.39 is 0 Å². The minimum Gasteiger partial charge on any atom is -0.374 e. The zero-order valence-corrected chi connectivity index (χ0v) is 13.0. The maximum atomic E-state index is 6.16. The van der Waals surface area contributed by atoms with E-state index in [4.69, 9.17) is 5.73 Å². The fraction of sp³-hybridized carbons (Fsp3) is 0.294. The zero-order valence-electron chi connectivity index (χ0n) is 11.4. The summed E-state index contributed by atoms with van der Waals surface area (Å²) in [6.07, 6.45) is 3.40. The summed E-state index contributed by atoms with van der Waals surface area (Å²) in [7, 11) is 0. The van der Waals surface area contributed by atoms with Crippen molar-refractivity contribution in [3.05, 3.63) is 64.1 Å². The quantitative estimate of drug-likeness (QED) is 0.890. The summed E-state index contributed by atoms with van der Waals surface area (Å²) in [5.74, 6) is 0. The van der Waals surface area contributed by atoms with Gasteiger partial charge in [-0.15, -0.1) is 0 Å². The van der Waals surface area contributed by atoms with Crippen LogP contribution in [0.3, 0.4) is 0 Å². The van der Waals surface area contributed by atoms with Crippen molar-refractivity contribution < 1.29 is 0 Å². The average Bonchev–Trinajstić information content (AvgIpc) is 2.47. The Morgan fingerprint density at radius 3 is 2.80 bits per heavy atom. The Hall–Kier alpha value is -1.32. The second-order valence-corrected chi connectivity index (χ2v) is 6.35. The predicted molar refractivity (Wildman–Crippen MR) is 87.9 cm³/mol. The molecule has 104 valence electrons. The Kier molecular flexibility index (Phi) is 3.81. The van der Waals surface area contributed by atoms with Crippen LogP contribution in [-0.4, -0.2) is 6.54 Å². The van der Waals surface area contributed by atoms with E-state index in [-0.39, 0.29) is 5.54 Å². The number of nitrogens with two attached hydrogens (primary N) is 1. The lowest BCUT2D eigenvalue weighted by molar-refractivity contribution is 0.417. The third kappa shape index (κ3) is 2.48. The Labute approximate surface area is 128 Å². The van der Waals surface area contributed by atoms with Crippen LogP contribution in [0.4, 0.5) is 5.69 Å². The van der Waals surface area contributed by atoms with Gasteiger partial charge in [-0.05, 0) is 48.6 Å². The SMILES string of the molecule is NCC1(Nc2cccc(Br)c2)CCCc2ccccc21. The van der Waals surface area contributed by atoms with Crippen LogP contribution in [0.2, 0.25) is 0 Å². The number of hydrogen-bond acceptors (Lipinski definition) is 2. The van der Waals surface area contributed by atoms with Gasteiger partial charge in [0, 0.05) is 16.7 Å². The highest BCUT2D eigenvalue weighted by Crippen LogP contribution is 2.37. The van der Waals surface area contributed by atoms with Crippen molar-refractivity contribution in [2.45, 2.75) is 24.8 Å². The average molecular weight is 331 g/mol. The highest BCUT2D eigenvalue weighted by molar-refractivity contribution is 9.10. The molecule has 0 aromatic heterocycles. The molecule has 3 heteroatoms. The molecule has 1 unspecified atom stereocenters. The number of hydrogen-bond donors (Lipinski definition) is 2. The second-order valence-electron chi connectivity index (χ2n) is 5.43. The van der Waals surface area contributed by atoms with Crippen molar-refractivity contribution in [1.82, 2.24) is 0 Å². The number of fused-ring (bicyclic) bond motifs is 1. The predicted octanol–water partition coefficient (Wildman–Crippen LogP) is 4.05. The molecule has 3 N–H and O–H groups in total. The Morgan fingerprint density at radius 2 is 2.00 bits per heavy atom. The number of rotatable bonds is 3. The number of nitrogens with one attached hydrogen (secondary N) is 1. The minimum absolute atomic E-state index is 0.143.